The number of rotatable bonds is 3. The predicted octanol–water partition coefficient (Wildman–Crippen LogP) is 2.15. The number of carboxylic acid groups (broad SMARTS) is 1. The Bertz CT molecular complexity index is 666. The van der Waals surface area contributed by atoms with Gasteiger partial charge in [-0.05, 0) is 23.8 Å². The lowest BCUT2D eigenvalue weighted by molar-refractivity contribution is 0.0697. The Morgan fingerprint density at radius 2 is 1.95 bits per heavy atom. The van der Waals surface area contributed by atoms with Gasteiger partial charge in [0.1, 0.15) is 0 Å². The molecule has 0 fully saturated rings. The highest BCUT2D eigenvalue weighted by atomic mass is 16.4. The number of hydrogen-bond donors (Lipinski definition) is 1. The Morgan fingerprint density at radius 3 is 2.60 bits per heavy atom. The fourth-order valence-corrected chi connectivity index (χ4v) is 1.89. The van der Waals surface area contributed by atoms with Gasteiger partial charge in [-0.25, -0.2) is 4.79 Å². The van der Waals surface area contributed by atoms with Crippen LogP contribution in [-0.2, 0) is 0 Å². The van der Waals surface area contributed by atoms with Crippen LogP contribution >= 0.6 is 0 Å². The van der Waals surface area contributed by atoms with Crippen LogP contribution in [0.5, 0.6) is 0 Å². The first kappa shape index (κ1) is 13.7. The van der Waals surface area contributed by atoms with Crippen molar-refractivity contribution in [2.45, 2.75) is 0 Å². The minimum atomic E-state index is -1.02. The summed E-state index contributed by atoms with van der Waals surface area (Å²) in [4.78, 5) is 28.6. The third-order valence-electron chi connectivity index (χ3n) is 2.88. The summed E-state index contributed by atoms with van der Waals surface area (Å²) in [5.41, 5.74) is 1.82. The molecule has 5 heteroatoms. The molecule has 1 aromatic heterocycles. The number of pyridine rings is 1. The fraction of sp³-hybridized carbons (Fsp3) is 0.133. The third-order valence-corrected chi connectivity index (χ3v) is 2.88. The van der Waals surface area contributed by atoms with Crippen LogP contribution in [0.4, 0.5) is 0 Å². The number of carbonyl (C=O) groups is 2. The fourth-order valence-electron chi connectivity index (χ4n) is 1.89. The zero-order valence-electron chi connectivity index (χ0n) is 11.2. The van der Waals surface area contributed by atoms with Crippen LogP contribution in [0.2, 0.25) is 0 Å². The molecule has 0 saturated heterocycles. The highest BCUT2D eigenvalue weighted by Crippen LogP contribution is 2.24. The summed E-state index contributed by atoms with van der Waals surface area (Å²) in [6.45, 7) is 0. The first-order chi connectivity index (χ1) is 9.50. The van der Waals surface area contributed by atoms with E-state index < -0.39 is 5.97 Å². The topological polar surface area (TPSA) is 70.5 Å². The summed E-state index contributed by atoms with van der Waals surface area (Å²) in [6, 6.07) is 8.30. The zero-order valence-corrected chi connectivity index (χ0v) is 11.2. The molecule has 1 heterocycles. The highest BCUT2D eigenvalue weighted by molar-refractivity contribution is 5.98. The normalized spacial score (nSPS) is 10.1. The molecule has 2 aromatic rings. The van der Waals surface area contributed by atoms with Crippen LogP contribution < -0.4 is 0 Å². The van der Waals surface area contributed by atoms with Gasteiger partial charge in [0.2, 0.25) is 0 Å². The number of carboxylic acids is 1. The zero-order chi connectivity index (χ0) is 14.7. The number of benzene rings is 1. The molecule has 1 N–H and O–H groups in total. The molecular formula is C15H14N2O3. The molecule has 20 heavy (non-hydrogen) atoms. The van der Waals surface area contributed by atoms with Gasteiger partial charge in [0.25, 0.3) is 5.91 Å². The number of hydrogen-bond acceptors (Lipinski definition) is 3. The van der Waals surface area contributed by atoms with Crippen molar-refractivity contribution >= 4 is 11.9 Å². The summed E-state index contributed by atoms with van der Waals surface area (Å²) in [6.07, 6.45) is 2.92. The van der Waals surface area contributed by atoms with Gasteiger partial charge in [-0.1, -0.05) is 12.1 Å². The molecule has 0 saturated carbocycles. The van der Waals surface area contributed by atoms with Crippen LogP contribution in [0.25, 0.3) is 11.1 Å². The van der Waals surface area contributed by atoms with Crippen molar-refractivity contribution in [2.24, 2.45) is 0 Å². The molecule has 0 aliphatic carbocycles. The van der Waals surface area contributed by atoms with Gasteiger partial charge in [0.05, 0.1) is 5.56 Å². The summed E-state index contributed by atoms with van der Waals surface area (Å²) < 4.78 is 0. The van der Waals surface area contributed by atoms with E-state index in [4.69, 9.17) is 0 Å². The van der Waals surface area contributed by atoms with Crippen molar-refractivity contribution in [3.05, 3.63) is 53.9 Å². The molecule has 0 radical (unpaired) electrons. The third kappa shape index (κ3) is 2.66. The van der Waals surface area contributed by atoms with E-state index in [1.54, 1.807) is 38.4 Å². The monoisotopic (exact) mass is 270 g/mol. The number of amides is 1. The average molecular weight is 270 g/mol. The van der Waals surface area contributed by atoms with E-state index in [2.05, 4.69) is 4.98 Å². The van der Waals surface area contributed by atoms with Crippen molar-refractivity contribution in [1.82, 2.24) is 9.88 Å². The number of carbonyl (C=O) groups excluding carboxylic acids is 1. The van der Waals surface area contributed by atoms with Crippen molar-refractivity contribution in [1.29, 1.82) is 0 Å². The van der Waals surface area contributed by atoms with Crippen molar-refractivity contribution in [3.63, 3.8) is 0 Å². The maximum atomic E-state index is 11.9. The largest absolute Gasteiger partial charge is 0.478 e. The predicted molar refractivity (Wildman–Crippen MR) is 74.6 cm³/mol. The molecule has 102 valence electrons. The lowest BCUT2D eigenvalue weighted by Crippen LogP contribution is -2.21. The lowest BCUT2D eigenvalue weighted by atomic mass is 10.00. The average Bonchev–Trinajstić information content (AvgIpc) is 2.46. The Balaban J connectivity index is 2.52. The SMILES string of the molecule is CN(C)C(=O)c1cccc(-c2cnccc2C(=O)O)c1. The molecule has 0 aliphatic heterocycles. The Hall–Kier alpha value is -2.69. The summed E-state index contributed by atoms with van der Waals surface area (Å²) in [5.74, 6) is -1.15. The molecule has 2 rings (SSSR count). The maximum Gasteiger partial charge on any atom is 0.336 e. The standard InChI is InChI=1S/C15H14N2O3/c1-17(2)14(18)11-5-3-4-10(8-11)13-9-16-7-6-12(13)15(19)20/h3-9H,1-2H3,(H,19,20). The van der Waals surface area contributed by atoms with Gasteiger partial charge >= 0.3 is 5.97 Å². The Labute approximate surface area is 116 Å². The molecule has 0 atom stereocenters. The van der Waals surface area contributed by atoms with Crippen molar-refractivity contribution in [2.75, 3.05) is 14.1 Å². The molecule has 5 nitrogen and oxygen atoms in total. The second-order valence-electron chi connectivity index (χ2n) is 4.51. The van der Waals surface area contributed by atoms with Gasteiger partial charge in [0.15, 0.2) is 0 Å². The van der Waals surface area contributed by atoms with E-state index in [9.17, 15) is 14.7 Å². The summed E-state index contributed by atoms with van der Waals surface area (Å²) in [7, 11) is 3.34. The molecular weight excluding hydrogens is 256 g/mol. The maximum absolute atomic E-state index is 11.9. The lowest BCUT2D eigenvalue weighted by Gasteiger charge is -2.12. The highest BCUT2D eigenvalue weighted by Gasteiger charge is 2.14. The number of nitrogens with zero attached hydrogens (tertiary/aromatic N) is 2. The number of aromatic carboxylic acids is 1. The minimum absolute atomic E-state index is 0.132. The van der Waals surface area contributed by atoms with Crippen molar-refractivity contribution in [3.8, 4) is 11.1 Å². The van der Waals surface area contributed by atoms with Gasteiger partial charge in [-0.15, -0.1) is 0 Å². The molecule has 1 aromatic carbocycles. The first-order valence-corrected chi connectivity index (χ1v) is 6.00. The van der Waals surface area contributed by atoms with E-state index in [-0.39, 0.29) is 11.5 Å². The van der Waals surface area contributed by atoms with Crippen LogP contribution in [0, 0.1) is 0 Å². The first-order valence-electron chi connectivity index (χ1n) is 6.00. The van der Waals surface area contributed by atoms with Crippen molar-refractivity contribution < 1.29 is 14.7 Å². The second kappa shape index (κ2) is 5.52. The van der Waals surface area contributed by atoms with Gasteiger partial charge < -0.3 is 10.0 Å². The van der Waals surface area contributed by atoms with Gasteiger partial charge in [0, 0.05) is 37.6 Å². The van der Waals surface area contributed by atoms with E-state index in [0.717, 1.165) is 0 Å². The van der Waals surface area contributed by atoms with E-state index in [1.807, 2.05) is 0 Å². The summed E-state index contributed by atoms with van der Waals surface area (Å²) in [5, 5.41) is 9.19. The van der Waals surface area contributed by atoms with Crippen LogP contribution in [-0.4, -0.2) is 41.0 Å². The second-order valence-corrected chi connectivity index (χ2v) is 4.51. The van der Waals surface area contributed by atoms with E-state index >= 15 is 0 Å². The van der Waals surface area contributed by atoms with Gasteiger partial charge in [-0.2, -0.15) is 0 Å². The molecule has 0 aliphatic rings. The summed E-state index contributed by atoms with van der Waals surface area (Å²) >= 11 is 0. The quantitative estimate of drug-likeness (QED) is 0.927. The van der Waals surface area contributed by atoms with Crippen LogP contribution in [0.1, 0.15) is 20.7 Å². The number of aromatic nitrogens is 1. The molecule has 1 amide bonds. The molecule has 0 unspecified atom stereocenters. The Kier molecular flexibility index (Phi) is 3.79. The smallest absolute Gasteiger partial charge is 0.336 e. The van der Waals surface area contributed by atoms with Gasteiger partial charge in [-0.3, -0.25) is 9.78 Å². The minimum Gasteiger partial charge on any atom is -0.478 e. The molecule has 0 bridgehead atoms. The van der Waals surface area contributed by atoms with Crippen LogP contribution in [0.3, 0.4) is 0 Å². The van der Waals surface area contributed by atoms with Crippen LogP contribution in [0.15, 0.2) is 42.7 Å². The van der Waals surface area contributed by atoms with E-state index in [0.29, 0.717) is 16.7 Å². The Morgan fingerprint density at radius 1 is 1.20 bits per heavy atom. The van der Waals surface area contributed by atoms with E-state index in [1.165, 1.54) is 23.4 Å². The molecule has 0 spiro atoms.